The standard InChI is InChI=1S/C49H29N3O2/c1-3-13-30(14-4-1)35-20-11-17-34-29-39(45-37-19-8-10-23-41(37)54-46(45)43(34)35)31-25-27-33(28-26-31)48-50-47(32-15-5-2-6-16-32)51-49(52-48)38-21-12-24-42-44(38)36-18-7-9-22-40(36)53-42/h1-29H. The van der Waals surface area contributed by atoms with Gasteiger partial charge in [-0.25, -0.2) is 15.0 Å². The van der Waals surface area contributed by atoms with Gasteiger partial charge in [-0.1, -0.05) is 152 Å². The van der Waals surface area contributed by atoms with E-state index in [0.29, 0.717) is 17.5 Å². The SMILES string of the molecule is c1ccc(-c2nc(-c3ccc(-c4cc5cccc(-c6ccccc6)c5c5oc6ccccc6c45)cc3)nc(-c3cccc4oc5ccccc5c34)n2)cc1. The molecule has 8 aromatic carbocycles. The molecule has 54 heavy (non-hydrogen) atoms. The third-order valence-electron chi connectivity index (χ3n) is 10.3. The van der Waals surface area contributed by atoms with Gasteiger partial charge in [0, 0.05) is 43.6 Å². The zero-order valence-electron chi connectivity index (χ0n) is 28.9. The molecule has 3 aromatic heterocycles. The van der Waals surface area contributed by atoms with Crippen molar-refractivity contribution in [2.24, 2.45) is 0 Å². The molecule has 5 heteroatoms. The number of hydrogen-bond acceptors (Lipinski definition) is 5. The second kappa shape index (κ2) is 12.1. The summed E-state index contributed by atoms with van der Waals surface area (Å²) in [5.41, 5.74) is 10.6. The summed E-state index contributed by atoms with van der Waals surface area (Å²) in [6.45, 7) is 0. The Labute approximate surface area is 309 Å². The highest BCUT2D eigenvalue weighted by Gasteiger charge is 2.20. The molecule has 0 fully saturated rings. The largest absolute Gasteiger partial charge is 0.456 e. The number of aromatic nitrogens is 3. The molecule has 11 rings (SSSR count). The van der Waals surface area contributed by atoms with Crippen LogP contribution in [-0.4, -0.2) is 15.0 Å². The van der Waals surface area contributed by atoms with Crippen molar-refractivity contribution < 1.29 is 8.83 Å². The monoisotopic (exact) mass is 691 g/mol. The Morgan fingerprint density at radius 3 is 1.57 bits per heavy atom. The lowest BCUT2D eigenvalue weighted by Gasteiger charge is -2.12. The Bertz CT molecular complexity index is 3200. The highest BCUT2D eigenvalue weighted by Crippen LogP contribution is 2.44. The smallest absolute Gasteiger partial charge is 0.164 e. The van der Waals surface area contributed by atoms with E-state index in [-0.39, 0.29) is 0 Å². The van der Waals surface area contributed by atoms with Gasteiger partial charge in [-0.3, -0.25) is 0 Å². The molecule has 5 nitrogen and oxygen atoms in total. The van der Waals surface area contributed by atoms with Crippen LogP contribution >= 0.6 is 0 Å². The fraction of sp³-hybridized carbons (Fsp3) is 0. The number of nitrogens with zero attached hydrogens (tertiary/aromatic N) is 3. The summed E-state index contributed by atoms with van der Waals surface area (Å²) < 4.78 is 12.9. The molecule has 0 saturated heterocycles. The van der Waals surface area contributed by atoms with Crippen molar-refractivity contribution in [3.8, 4) is 56.4 Å². The van der Waals surface area contributed by atoms with Gasteiger partial charge in [-0.2, -0.15) is 0 Å². The van der Waals surface area contributed by atoms with Crippen LogP contribution in [0, 0.1) is 0 Å². The lowest BCUT2D eigenvalue weighted by molar-refractivity contribution is 0.669. The number of fused-ring (bicyclic) bond motifs is 8. The van der Waals surface area contributed by atoms with Gasteiger partial charge in [-0.05, 0) is 51.9 Å². The Morgan fingerprint density at radius 1 is 0.315 bits per heavy atom. The maximum absolute atomic E-state index is 6.71. The molecule has 0 unspecified atom stereocenters. The third-order valence-corrected chi connectivity index (χ3v) is 10.3. The first-order valence-corrected chi connectivity index (χ1v) is 18.0. The highest BCUT2D eigenvalue weighted by atomic mass is 16.3. The summed E-state index contributed by atoms with van der Waals surface area (Å²) in [4.78, 5) is 15.2. The molecule has 252 valence electrons. The van der Waals surface area contributed by atoms with Crippen molar-refractivity contribution >= 4 is 54.6 Å². The summed E-state index contributed by atoms with van der Waals surface area (Å²) in [6, 6.07) is 60.4. The second-order valence-electron chi connectivity index (χ2n) is 13.5. The Balaban J connectivity index is 1.09. The topological polar surface area (TPSA) is 65.0 Å². The zero-order valence-corrected chi connectivity index (χ0v) is 28.9. The summed E-state index contributed by atoms with van der Waals surface area (Å²) in [6.07, 6.45) is 0. The van der Waals surface area contributed by atoms with Crippen LogP contribution in [-0.2, 0) is 0 Å². The van der Waals surface area contributed by atoms with Gasteiger partial charge in [-0.15, -0.1) is 0 Å². The fourth-order valence-electron chi connectivity index (χ4n) is 7.85. The third kappa shape index (κ3) is 4.83. The molecule has 0 radical (unpaired) electrons. The summed E-state index contributed by atoms with van der Waals surface area (Å²) in [7, 11) is 0. The Kier molecular flexibility index (Phi) is 6.79. The van der Waals surface area contributed by atoms with E-state index in [1.165, 1.54) is 0 Å². The minimum Gasteiger partial charge on any atom is -0.456 e. The van der Waals surface area contributed by atoms with E-state index in [1.807, 2.05) is 66.7 Å². The molecule has 3 heterocycles. The second-order valence-corrected chi connectivity index (χ2v) is 13.5. The number of benzene rings is 8. The zero-order chi connectivity index (χ0) is 35.6. The first kappa shape index (κ1) is 30.3. The quantitative estimate of drug-likeness (QED) is 0.180. The molecular formula is C49H29N3O2. The van der Waals surface area contributed by atoms with E-state index >= 15 is 0 Å². The van der Waals surface area contributed by atoms with Crippen LogP contribution in [0.15, 0.2) is 185 Å². The molecule has 0 N–H and O–H groups in total. The molecule has 0 atom stereocenters. The number of rotatable bonds is 5. The van der Waals surface area contributed by atoms with Gasteiger partial charge in [0.05, 0.1) is 0 Å². The lowest BCUT2D eigenvalue weighted by atomic mass is 9.91. The van der Waals surface area contributed by atoms with Crippen LogP contribution < -0.4 is 0 Å². The first-order chi connectivity index (χ1) is 26.8. The number of furan rings is 2. The van der Waals surface area contributed by atoms with Gasteiger partial charge >= 0.3 is 0 Å². The van der Waals surface area contributed by atoms with Gasteiger partial charge in [0.25, 0.3) is 0 Å². The molecule has 0 bridgehead atoms. The maximum Gasteiger partial charge on any atom is 0.164 e. The van der Waals surface area contributed by atoms with E-state index < -0.39 is 0 Å². The summed E-state index contributed by atoms with van der Waals surface area (Å²) in [5, 5.41) is 6.44. The van der Waals surface area contributed by atoms with Gasteiger partial charge < -0.3 is 8.83 Å². The average molecular weight is 692 g/mol. The van der Waals surface area contributed by atoms with Crippen LogP contribution in [0.3, 0.4) is 0 Å². The molecule has 0 aliphatic heterocycles. The summed E-state index contributed by atoms with van der Waals surface area (Å²) >= 11 is 0. The highest BCUT2D eigenvalue weighted by molar-refractivity contribution is 6.24. The summed E-state index contributed by atoms with van der Waals surface area (Å²) in [5.74, 6) is 1.80. The Hall–Kier alpha value is -7.37. The van der Waals surface area contributed by atoms with Crippen LogP contribution in [0.1, 0.15) is 0 Å². The van der Waals surface area contributed by atoms with Crippen LogP contribution in [0.25, 0.3) is 111 Å². The number of para-hydroxylation sites is 2. The lowest BCUT2D eigenvalue weighted by Crippen LogP contribution is -2.00. The van der Waals surface area contributed by atoms with Gasteiger partial charge in [0.2, 0.25) is 0 Å². The molecule has 11 aromatic rings. The first-order valence-electron chi connectivity index (χ1n) is 18.0. The molecule has 0 amide bonds. The predicted octanol–water partition coefficient (Wildman–Crippen LogP) is 13.2. The average Bonchev–Trinajstić information content (AvgIpc) is 3.83. The van der Waals surface area contributed by atoms with Crippen molar-refractivity contribution in [2.75, 3.05) is 0 Å². The molecule has 0 spiro atoms. The minimum atomic E-state index is 0.593. The van der Waals surface area contributed by atoms with Crippen molar-refractivity contribution in [2.45, 2.75) is 0 Å². The predicted molar refractivity (Wildman–Crippen MR) is 219 cm³/mol. The maximum atomic E-state index is 6.71. The minimum absolute atomic E-state index is 0.593. The van der Waals surface area contributed by atoms with Crippen LogP contribution in [0.2, 0.25) is 0 Å². The fourth-order valence-corrected chi connectivity index (χ4v) is 7.85. The van der Waals surface area contributed by atoms with Crippen molar-refractivity contribution in [1.82, 2.24) is 15.0 Å². The normalized spacial score (nSPS) is 11.7. The molecule has 0 saturated carbocycles. The van der Waals surface area contributed by atoms with E-state index in [0.717, 1.165) is 93.6 Å². The van der Waals surface area contributed by atoms with E-state index in [1.54, 1.807) is 0 Å². The molecule has 0 aliphatic carbocycles. The van der Waals surface area contributed by atoms with Crippen molar-refractivity contribution in [1.29, 1.82) is 0 Å². The van der Waals surface area contributed by atoms with Gasteiger partial charge in [0.1, 0.15) is 22.3 Å². The van der Waals surface area contributed by atoms with Crippen LogP contribution in [0.5, 0.6) is 0 Å². The van der Waals surface area contributed by atoms with Crippen molar-refractivity contribution in [3.63, 3.8) is 0 Å². The van der Waals surface area contributed by atoms with E-state index in [9.17, 15) is 0 Å². The number of hydrogen-bond donors (Lipinski definition) is 0. The van der Waals surface area contributed by atoms with Gasteiger partial charge in [0.15, 0.2) is 17.5 Å². The molecule has 0 aliphatic rings. The molecular weight excluding hydrogens is 663 g/mol. The van der Waals surface area contributed by atoms with Crippen LogP contribution in [0.4, 0.5) is 0 Å². The van der Waals surface area contributed by atoms with E-state index in [2.05, 4.69) is 109 Å². The van der Waals surface area contributed by atoms with E-state index in [4.69, 9.17) is 23.8 Å². The van der Waals surface area contributed by atoms with Crippen molar-refractivity contribution in [3.05, 3.63) is 176 Å². The Morgan fingerprint density at radius 2 is 0.833 bits per heavy atom.